The third kappa shape index (κ3) is 2.35. The minimum atomic E-state index is 0.573. The lowest BCUT2D eigenvalue weighted by Crippen LogP contribution is -2.37. The molecule has 0 atom stereocenters. The van der Waals surface area contributed by atoms with Crippen LogP contribution >= 0.6 is 0 Å². The van der Waals surface area contributed by atoms with Crippen LogP contribution in [-0.2, 0) is 4.74 Å². The van der Waals surface area contributed by atoms with Gasteiger partial charge in [-0.3, -0.25) is 5.10 Å². The Labute approximate surface area is 159 Å². The van der Waals surface area contributed by atoms with Crippen LogP contribution in [0.3, 0.4) is 0 Å². The molecule has 1 aromatic carbocycles. The maximum Gasteiger partial charge on any atom is 0.229 e. The van der Waals surface area contributed by atoms with Crippen molar-refractivity contribution in [2.75, 3.05) is 31.2 Å². The molecule has 5 heterocycles. The van der Waals surface area contributed by atoms with Crippen molar-refractivity contribution in [3.63, 3.8) is 0 Å². The number of rotatable bonds is 2. The maximum absolute atomic E-state index is 6.05. The van der Waals surface area contributed by atoms with Gasteiger partial charge in [-0.2, -0.15) is 5.10 Å². The Bertz CT molecular complexity index is 1320. The van der Waals surface area contributed by atoms with Crippen molar-refractivity contribution in [1.29, 1.82) is 0 Å². The predicted molar refractivity (Wildman–Crippen MR) is 105 cm³/mol. The van der Waals surface area contributed by atoms with E-state index in [0.29, 0.717) is 30.3 Å². The monoisotopic (exact) mass is 372 g/mol. The summed E-state index contributed by atoms with van der Waals surface area (Å²) in [7, 11) is 0. The van der Waals surface area contributed by atoms with E-state index in [1.807, 2.05) is 30.3 Å². The smallest absolute Gasteiger partial charge is 0.229 e. The largest absolute Gasteiger partial charge is 0.432 e. The highest BCUT2D eigenvalue weighted by molar-refractivity contribution is 6.05. The van der Waals surface area contributed by atoms with E-state index in [9.17, 15) is 0 Å². The summed E-state index contributed by atoms with van der Waals surface area (Å²) in [5.41, 5.74) is 3.94. The third-order valence-electron chi connectivity index (χ3n) is 5.08. The van der Waals surface area contributed by atoms with E-state index < -0.39 is 0 Å². The van der Waals surface area contributed by atoms with Crippen molar-refractivity contribution < 1.29 is 9.15 Å². The van der Waals surface area contributed by atoms with Gasteiger partial charge in [0.2, 0.25) is 5.71 Å². The molecule has 8 heteroatoms. The van der Waals surface area contributed by atoms with Crippen molar-refractivity contribution in [3.8, 4) is 11.4 Å². The lowest BCUT2D eigenvalue weighted by Gasteiger charge is -2.27. The first-order valence-electron chi connectivity index (χ1n) is 9.18. The number of fused-ring (bicyclic) bond motifs is 4. The van der Waals surface area contributed by atoms with Gasteiger partial charge in [-0.15, -0.1) is 0 Å². The number of nitrogens with one attached hydrogen (secondary N) is 1. The van der Waals surface area contributed by atoms with Crippen LogP contribution in [0.1, 0.15) is 0 Å². The van der Waals surface area contributed by atoms with Gasteiger partial charge in [0.1, 0.15) is 5.52 Å². The fraction of sp³-hybridized carbons (Fsp3) is 0.200. The van der Waals surface area contributed by atoms with Crippen molar-refractivity contribution >= 4 is 38.9 Å². The number of nitrogens with zero attached hydrogens (tertiary/aromatic N) is 5. The standard InChI is InChI=1S/C20H16N6O2/c1-2-14-16-17(28-20(14)21-5-1)19(26-6-8-27-9-7-26)24-18(23-16)12-3-4-15-13(10-12)11-22-25-15/h1-5,10-11H,6-9H2,(H,22,25). The second-order valence-corrected chi connectivity index (χ2v) is 6.78. The topological polar surface area (TPSA) is 93.0 Å². The van der Waals surface area contributed by atoms with Gasteiger partial charge in [0.15, 0.2) is 17.2 Å². The van der Waals surface area contributed by atoms with Gasteiger partial charge in [-0.05, 0) is 30.3 Å². The first-order chi connectivity index (χ1) is 13.9. The number of ether oxygens (including phenoxy) is 1. The van der Waals surface area contributed by atoms with Gasteiger partial charge in [-0.25, -0.2) is 15.0 Å². The minimum Gasteiger partial charge on any atom is -0.432 e. The molecule has 1 saturated heterocycles. The lowest BCUT2D eigenvalue weighted by molar-refractivity contribution is 0.122. The molecule has 0 radical (unpaired) electrons. The molecule has 0 spiro atoms. The van der Waals surface area contributed by atoms with Crippen LogP contribution in [0.25, 0.3) is 44.5 Å². The Hall–Kier alpha value is -3.52. The van der Waals surface area contributed by atoms with E-state index in [4.69, 9.17) is 19.1 Å². The van der Waals surface area contributed by atoms with Crippen molar-refractivity contribution in [2.45, 2.75) is 0 Å². The van der Waals surface area contributed by atoms with Gasteiger partial charge in [0.05, 0.1) is 30.3 Å². The molecule has 6 rings (SSSR count). The highest BCUT2D eigenvalue weighted by atomic mass is 16.5. The molecule has 28 heavy (non-hydrogen) atoms. The number of aromatic nitrogens is 5. The zero-order valence-electron chi connectivity index (χ0n) is 14.9. The van der Waals surface area contributed by atoms with Crippen LogP contribution in [0.4, 0.5) is 5.82 Å². The quantitative estimate of drug-likeness (QED) is 0.509. The van der Waals surface area contributed by atoms with Gasteiger partial charge >= 0.3 is 0 Å². The van der Waals surface area contributed by atoms with E-state index in [1.165, 1.54) is 0 Å². The summed E-state index contributed by atoms with van der Waals surface area (Å²) in [5, 5.41) is 8.98. The molecule has 1 N–H and O–H groups in total. The summed E-state index contributed by atoms with van der Waals surface area (Å²) >= 11 is 0. The molecule has 138 valence electrons. The summed E-state index contributed by atoms with van der Waals surface area (Å²) in [5.74, 6) is 1.44. The Balaban J connectivity index is 1.62. The number of aromatic amines is 1. The average Bonchev–Trinajstić information content (AvgIpc) is 3.37. The van der Waals surface area contributed by atoms with Gasteiger partial charge < -0.3 is 14.1 Å². The molecule has 0 bridgehead atoms. The molecule has 0 unspecified atom stereocenters. The Morgan fingerprint density at radius 3 is 2.93 bits per heavy atom. The molecule has 5 aromatic rings. The van der Waals surface area contributed by atoms with Crippen molar-refractivity contribution in [3.05, 3.63) is 42.7 Å². The van der Waals surface area contributed by atoms with Crippen molar-refractivity contribution in [1.82, 2.24) is 25.1 Å². The first-order valence-corrected chi connectivity index (χ1v) is 9.18. The number of pyridine rings is 1. The normalized spacial score (nSPS) is 15.1. The van der Waals surface area contributed by atoms with E-state index >= 15 is 0 Å². The molecular weight excluding hydrogens is 356 g/mol. The number of anilines is 1. The molecule has 0 saturated carbocycles. The van der Waals surface area contributed by atoms with Crippen LogP contribution in [-0.4, -0.2) is 51.5 Å². The Morgan fingerprint density at radius 1 is 1.07 bits per heavy atom. The second-order valence-electron chi connectivity index (χ2n) is 6.78. The predicted octanol–water partition coefficient (Wildman–Crippen LogP) is 3.15. The molecule has 0 amide bonds. The summed E-state index contributed by atoms with van der Waals surface area (Å²) in [6.07, 6.45) is 3.53. The van der Waals surface area contributed by atoms with Gasteiger partial charge in [-0.1, -0.05) is 0 Å². The fourth-order valence-corrected chi connectivity index (χ4v) is 3.66. The Morgan fingerprint density at radius 2 is 2.00 bits per heavy atom. The summed E-state index contributed by atoms with van der Waals surface area (Å²) < 4.78 is 11.6. The number of hydrogen-bond donors (Lipinski definition) is 1. The summed E-state index contributed by atoms with van der Waals surface area (Å²) in [6.45, 7) is 2.86. The van der Waals surface area contributed by atoms with Crippen LogP contribution in [0.15, 0.2) is 47.1 Å². The Kier molecular flexibility index (Phi) is 3.33. The zero-order valence-corrected chi connectivity index (χ0v) is 14.9. The fourth-order valence-electron chi connectivity index (χ4n) is 3.66. The number of morpholine rings is 1. The number of hydrogen-bond acceptors (Lipinski definition) is 7. The second kappa shape index (κ2) is 6.00. The number of furan rings is 1. The highest BCUT2D eigenvalue weighted by Crippen LogP contribution is 2.34. The SMILES string of the molecule is c1cnc2oc3c(N4CCOCC4)nc(-c4ccc5[nH]ncc5c4)nc3c2c1. The van der Waals surface area contributed by atoms with E-state index in [-0.39, 0.29) is 0 Å². The van der Waals surface area contributed by atoms with Crippen LogP contribution < -0.4 is 4.90 Å². The van der Waals surface area contributed by atoms with Crippen LogP contribution in [0, 0.1) is 0 Å². The summed E-state index contributed by atoms with van der Waals surface area (Å²) in [6, 6.07) is 9.92. The van der Waals surface area contributed by atoms with E-state index in [1.54, 1.807) is 12.4 Å². The molecule has 1 fully saturated rings. The molecule has 1 aliphatic rings. The van der Waals surface area contributed by atoms with Crippen LogP contribution in [0.2, 0.25) is 0 Å². The number of H-pyrrole nitrogens is 1. The van der Waals surface area contributed by atoms with E-state index in [0.717, 1.165) is 46.3 Å². The summed E-state index contributed by atoms with van der Waals surface area (Å²) in [4.78, 5) is 16.3. The minimum absolute atomic E-state index is 0.573. The molecule has 8 nitrogen and oxygen atoms in total. The average molecular weight is 372 g/mol. The van der Waals surface area contributed by atoms with Gasteiger partial charge in [0.25, 0.3) is 0 Å². The third-order valence-corrected chi connectivity index (χ3v) is 5.08. The maximum atomic E-state index is 6.05. The lowest BCUT2D eigenvalue weighted by atomic mass is 10.1. The first kappa shape index (κ1) is 15.5. The molecular formula is C20H16N6O2. The molecule has 0 aliphatic carbocycles. The zero-order chi connectivity index (χ0) is 18.5. The van der Waals surface area contributed by atoms with Gasteiger partial charge in [0, 0.05) is 30.2 Å². The molecule has 1 aliphatic heterocycles. The van der Waals surface area contributed by atoms with E-state index in [2.05, 4.69) is 20.1 Å². The van der Waals surface area contributed by atoms with Crippen molar-refractivity contribution in [2.24, 2.45) is 0 Å². The number of benzene rings is 1. The molecule has 4 aromatic heterocycles. The highest BCUT2D eigenvalue weighted by Gasteiger charge is 2.22. The van der Waals surface area contributed by atoms with Crippen LogP contribution in [0.5, 0.6) is 0 Å².